The molecule has 2 saturated carbocycles. The number of carboxylic acid groups (broad SMARTS) is 1. The summed E-state index contributed by atoms with van der Waals surface area (Å²) in [5, 5.41) is 12.3. The first kappa shape index (κ1) is 14.3. The maximum Gasteiger partial charge on any atom is 0.306 e. The minimum atomic E-state index is -0.687. The van der Waals surface area contributed by atoms with Crippen molar-refractivity contribution in [1.29, 1.82) is 0 Å². The van der Waals surface area contributed by atoms with E-state index in [1.807, 2.05) is 11.9 Å². The lowest BCUT2D eigenvalue weighted by atomic mass is 9.79. The summed E-state index contributed by atoms with van der Waals surface area (Å²) in [6.45, 7) is 0.969. The summed E-state index contributed by atoms with van der Waals surface area (Å²) in [7, 11) is 1.85. The minimum Gasteiger partial charge on any atom is -0.481 e. The van der Waals surface area contributed by atoms with Crippen molar-refractivity contribution >= 4 is 11.9 Å². The molecule has 2 unspecified atom stereocenters. The average Bonchev–Trinajstić information content (AvgIpc) is 3.22. The predicted molar refractivity (Wildman–Crippen MR) is 71.7 cm³/mol. The van der Waals surface area contributed by atoms with Crippen LogP contribution in [0.2, 0.25) is 0 Å². The number of amides is 1. The number of aliphatic carboxylic acids is 1. The number of nitrogens with zero attached hydrogens (tertiary/aromatic N) is 1. The van der Waals surface area contributed by atoms with Gasteiger partial charge in [0.15, 0.2) is 0 Å². The Balaban J connectivity index is 1.71. The molecule has 0 aromatic rings. The van der Waals surface area contributed by atoms with Crippen LogP contribution >= 0.6 is 0 Å². The highest BCUT2D eigenvalue weighted by Gasteiger charge is 2.31. The van der Waals surface area contributed by atoms with Crippen molar-refractivity contribution in [3.05, 3.63) is 0 Å². The lowest BCUT2D eigenvalue weighted by Crippen LogP contribution is -2.40. The summed E-state index contributed by atoms with van der Waals surface area (Å²) in [5.74, 6) is -0.638. The van der Waals surface area contributed by atoms with Crippen LogP contribution in [0.25, 0.3) is 0 Å². The molecule has 0 saturated heterocycles. The van der Waals surface area contributed by atoms with Gasteiger partial charge in [-0.1, -0.05) is 12.8 Å². The highest BCUT2D eigenvalue weighted by Crippen LogP contribution is 2.29. The number of hydrogen-bond acceptors (Lipinski definition) is 3. The van der Waals surface area contributed by atoms with Crippen LogP contribution in [0.15, 0.2) is 0 Å². The summed E-state index contributed by atoms with van der Waals surface area (Å²) in [6.07, 6.45) is 6.08. The van der Waals surface area contributed by atoms with Crippen molar-refractivity contribution in [2.75, 3.05) is 20.1 Å². The van der Waals surface area contributed by atoms with Gasteiger partial charge in [-0.2, -0.15) is 0 Å². The van der Waals surface area contributed by atoms with Crippen LogP contribution in [0.1, 0.15) is 38.5 Å². The lowest BCUT2D eigenvalue weighted by Gasteiger charge is -2.28. The van der Waals surface area contributed by atoms with E-state index in [1.54, 1.807) is 0 Å². The summed E-state index contributed by atoms with van der Waals surface area (Å²) in [4.78, 5) is 24.8. The second-order valence-electron chi connectivity index (χ2n) is 5.86. The van der Waals surface area contributed by atoms with E-state index in [1.165, 1.54) is 0 Å². The normalized spacial score (nSPS) is 27.0. The molecule has 0 spiro atoms. The van der Waals surface area contributed by atoms with Crippen LogP contribution in [0.5, 0.6) is 0 Å². The van der Waals surface area contributed by atoms with E-state index >= 15 is 0 Å². The molecule has 2 atom stereocenters. The van der Waals surface area contributed by atoms with Gasteiger partial charge < -0.3 is 15.3 Å². The minimum absolute atomic E-state index is 0.116. The third kappa shape index (κ3) is 3.93. The van der Waals surface area contributed by atoms with Crippen LogP contribution < -0.4 is 5.32 Å². The Morgan fingerprint density at radius 1 is 1.21 bits per heavy atom. The van der Waals surface area contributed by atoms with Gasteiger partial charge in [0, 0.05) is 13.1 Å². The molecule has 0 heterocycles. The van der Waals surface area contributed by atoms with Gasteiger partial charge in [0.1, 0.15) is 0 Å². The Labute approximate surface area is 114 Å². The number of nitrogens with one attached hydrogen (secondary N) is 1. The molecule has 108 valence electrons. The summed E-state index contributed by atoms with van der Waals surface area (Å²) in [6, 6.07) is 0.441. The van der Waals surface area contributed by atoms with Crippen LogP contribution in [0, 0.1) is 11.8 Å². The molecule has 19 heavy (non-hydrogen) atoms. The first-order valence-corrected chi connectivity index (χ1v) is 7.28. The number of rotatable bonds is 6. The van der Waals surface area contributed by atoms with Crippen LogP contribution in [-0.4, -0.2) is 48.1 Å². The SMILES string of the molecule is CN(C(=O)CNCC1CCCCC1C(=O)O)C1CC1. The Morgan fingerprint density at radius 3 is 2.53 bits per heavy atom. The zero-order valence-corrected chi connectivity index (χ0v) is 11.6. The van der Waals surface area contributed by atoms with Crippen molar-refractivity contribution in [3.8, 4) is 0 Å². The van der Waals surface area contributed by atoms with Crippen molar-refractivity contribution in [1.82, 2.24) is 10.2 Å². The van der Waals surface area contributed by atoms with Gasteiger partial charge in [-0.05, 0) is 38.1 Å². The third-order valence-corrected chi connectivity index (χ3v) is 4.40. The van der Waals surface area contributed by atoms with Crippen LogP contribution in [0.3, 0.4) is 0 Å². The monoisotopic (exact) mass is 268 g/mol. The molecular weight excluding hydrogens is 244 g/mol. The maximum absolute atomic E-state index is 11.8. The van der Waals surface area contributed by atoms with Crippen molar-refractivity contribution < 1.29 is 14.7 Å². The highest BCUT2D eigenvalue weighted by molar-refractivity contribution is 5.78. The van der Waals surface area contributed by atoms with Crippen molar-refractivity contribution in [3.63, 3.8) is 0 Å². The molecule has 5 heteroatoms. The van der Waals surface area contributed by atoms with E-state index in [9.17, 15) is 14.7 Å². The van der Waals surface area contributed by atoms with Gasteiger partial charge >= 0.3 is 5.97 Å². The number of hydrogen-bond donors (Lipinski definition) is 2. The van der Waals surface area contributed by atoms with E-state index in [-0.39, 0.29) is 17.7 Å². The number of carboxylic acids is 1. The quantitative estimate of drug-likeness (QED) is 0.756. The fourth-order valence-corrected chi connectivity index (χ4v) is 2.93. The first-order chi connectivity index (χ1) is 9.09. The molecule has 0 aromatic carbocycles. The van der Waals surface area contributed by atoms with Gasteiger partial charge in [0.25, 0.3) is 0 Å². The molecular formula is C14H24N2O3. The highest BCUT2D eigenvalue weighted by atomic mass is 16.4. The molecule has 2 aliphatic carbocycles. The summed E-state index contributed by atoms with van der Waals surface area (Å²) >= 11 is 0. The van der Waals surface area contributed by atoms with Gasteiger partial charge in [-0.3, -0.25) is 9.59 Å². The molecule has 0 radical (unpaired) electrons. The average molecular weight is 268 g/mol. The number of carbonyl (C=O) groups excluding carboxylic acids is 1. The fourth-order valence-electron chi connectivity index (χ4n) is 2.93. The standard InChI is InChI=1S/C14H24N2O3/c1-16(11-6-7-11)13(17)9-15-8-10-4-2-3-5-12(10)14(18)19/h10-12,15H,2-9H2,1H3,(H,18,19). The van der Waals surface area contributed by atoms with Gasteiger partial charge in [-0.25, -0.2) is 0 Å². The second-order valence-corrected chi connectivity index (χ2v) is 5.86. The Bertz CT molecular complexity index is 342. The largest absolute Gasteiger partial charge is 0.481 e. The van der Waals surface area contributed by atoms with Crippen molar-refractivity contribution in [2.24, 2.45) is 11.8 Å². The zero-order chi connectivity index (χ0) is 13.8. The summed E-state index contributed by atoms with van der Waals surface area (Å²) in [5.41, 5.74) is 0. The Morgan fingerprint density at radius 2 is 1.89 bits per heavy atom. The molecule has 0 aliphatic heterocycles. The van der Waals surface area contributed by atoms with E-state index in [0.717, 1.165) is 38.5 Å². The first-order valence-electron chi connectivity index (χ1n) is 7.28. The second kappa shape index (κ2) is 6.37. The third-order valence-electron chi connectivity index (χ3n) is 4.40. The van der Waals surface area contributed by atoms with E-state index in [0.29, 0.717) is 19.1 Å². The maximum atomic E-state index is 11.8. The molecule has 2 N–H and O–H groups in total. The Hall–Kier alpha value is -1.10. The van der Waals surface area contributed by atoms with Gasteiger partial charge in [0.2, 0.25) is 5.91 Å². The molecule has 2 rings (SSSR count). The van der Waals surface area contributed by atoms with Gasteiger partial charge in [-0.15, -0.1) is 0 Å². The molecule has 0 bridgehead atoms. The van der Waals surface area contributed by atoms with Crippen molar-refractivity contribution in [2.45, 2.75) is 44.6 Å². The smallest absolute Gasteiger partial charge is 0.306 e. The molecule has 5 nitrogen and oxygen atoms in total. The molecule has 1 amide bonds. The topological polar surface area (TPSA) is 69.6 Å². The molecule has 0 aromatic heterocycles. The summed E-state index contributed by atoms with van der Waals surface area (Å²) < 4.78 is 0. The lowest BCUT2D eigenvalue weighted by molar-refractivity contribution is -0.144. The zero-order valence-electron chi connectivity index (χ0n) is 11.6. The van der Waals surface area contributed by atoms with E-state index in [2.05, 4.69) is 5.32 Å². The number of likely N-dealkylation sites (N-methyl/N-ethyl adjacent to an activating group) is 1. The fraction of sp³-hybridized carbons (Fsp3) is 0.857. The molecule has 2 fully saturated rings. The van der Waals surface area contributed by atoms with Crippen LogP contribution in [0.4, 0.5) is 0 Å². The predicted octanol–water partition coefficient (Wildman–Crippen LogP) is 1.09. The van der Waals surface area contributed by atoms with E-state index in [4.69, 9.17) is 0 Å². The van der Waals surface area contributed by atoms with Crippen LogP contribution in [-0.2, 0) is 9.59 Å². The molecule has 2 aliphatic rings. The Kier molecular flexibility index (Phi) is 4.80. The van der Waals surface area contributed by atoms with Gasteiger partial charge in [0.05, 0.1) is 12.5 Å². The van der Waals surface area contributed by atoms with E-state index < -0.39 is 5.97 Å². The number of carbonyl (C=O) groups is 2.